The molecule has 2 N–H and O–H groups in total. The maximum absolute atomic E-state index is 12.1. The van der Waals surface area contributed by atoms with Crippen LogP contribution in [0.25, 0.3) is 10.8 Å². The fraction of sp³-hybridized carbons (Fsp3) is 0.263. The molecule has 0 saturated carbocycles. The Labute approximate surface area is 141 Å². The van der Waals surface area contributed by atoms with E-state index in [1.165, 1.54) is 10.8 Å². The van der Waals surface area contributed by atoms with E-state index in [4.69, 9.17) is 0 Å². The Balaban J connectivity index is 1.52. The van der Waals surface area contributed by atoms with Crippen LogP contribution in [-0.4, -0.2) is 28.8 Å². The number of carbonyl (C=O) groups excluding carboxylic acids is 1. The summed E-state index contributed by atoms with van der Waals surface area (Å²) in [7, 11) is 0. The number of fused-ring (bicyclic) bond motifs is 1. The van der Waals surface area contributed by atoms with Gasteiger partial charge in [-0.25, -0.2) is 0 Å². The van der Waals surface area contributed by atoms with Crippen LogP contribution in [0, 0.1) is 0 Å². The monoisotopic (exact) mass is 322 g/mol. The molecule has 1 amide bonds. The molecule has 1 aromatic heterocycles. The average Bonchev–Trinajstić information content (AvgIpc) is 3.11. The summed E-state index contributed by atoms with van der Waals surface area (Å²) in [5, 5.41) is 12.7. The van der Waals surface area contributed by atoms with Gasteiger partial charge in [0.2, 0.25) is 5.91 Å². The molecule has 3 aromatic rings. The molecule has 124 valence electrons. The molecule has 0 saturated heterocycles. The average molecular weight is 322 g/mol. The summed E-state index contributed by atoms with van der Waals surface area (Å²) in [5.41, 5.74) is 1.14. The zero-order valence-electron chi connectivity index (χ0n) is 13.8. The van der Waals surface area contributed by atoms with Gasteiger partial charge in [-0.2, -0.15) is 5.10 Å². The standard InChI is InChI=1S/C19H22N4O/c1-15(17-9-4-7-16-6-2-3-8-18(16)17)22-19(24)14-20-11-13-23-12-5-10-21-23/h2-10,12,15,20H,11,13-14H2,1H3,(H,22,24)/t15-/m1/s1. The number of nitrogens with zero attached hydrogens (tertiary/aromatic N) is 2. The van der Waals surface area contributed by atoms with Crippen molar-refractivity contribution >= 4 is 16.7 Å². The molecule has 5 nitrogen and oxygen atoms in total. The second-order valence-corrected chi connectivity index (χ2v) is 5.80. The summed E-state index contributed by atoms with van der Waals surface area (Å²) >= 11 is 0. The molecule has 0 aliphatic rings. The van der Waals surface area contributed by atoms with Gasteiger partial charge in [0.15, 0.2) is 0 Å². The SMILES string of the molecule is C[C@@H](NC(=O)CNCCn1cccn1)c1cccc2ccccc12. The van der Waals surface area contributed by atoms with Gasteiger partial charge in [0.25, 0.3) is 0 Å². The molecule has 0 aliphatic heterocycles. The molecular weight excluding hydrogens is 300 g/mol. The van der Waals surface area contributed by atoms with Gasteiger partial charge in [-0.3, -0.25) is 9.48 Å². The molecule has 0 spiro atoms. The third kappa shape index (κ3) is 4.00. The number of aromatic nitrogens is 2. The minimum Gasteiger partial charge on any atom is -0.348 e. The van der Waals surface area contributed by atoms with Crippen LogP contribution < -0.4 is 10.6 Å². The molecule has 1 heterocycles. The van der Waals surface area contributed by atoms with E-state index in [1.54, 1.807) is 6.20 Å². The Bertz CT molecular complexity index is 793. The van der Waals surface area contributed by atoms with Crippen molar-refractivity contribution in [3.8, 4) is 0 Å². The zero-order chi connectivity index (χ0) is 16.8. The first kappa shape index (κ1) is 16.2. The molecular formula is C19H22N4O. The fourth-order valence-corrected chi connectivity index (χ4v) is 2.83. The maximum atomic E-state index is 12.1. The van der Waals surface area contributed by atoms with Gasteiger partial charge in [0.05, 0.1) is 19.1 Å². The van der Waals surface area contributed by atoms with Crippen molar-refractivity contribution in [3.63, 3.8) is 0 Å². The normalized spacial score (nSPS) is 12.2. The van der Waals surface area contributed by atoms with Crippen LogP contribution >= 0.6 is 0 Å². The highest BCUT2D eigenvalue weighted by atomic mass is 16.1. The van der Waals surface area contributed by atoms with E-state index in [2.05, 4.69) is 40.0 Å². The van der Waals surface area contributed by atoms with Gasteiger partial charge in [-0.05, 0) is 29.3 Å². The van der Waals surface area contributed by atoms with Crippen LogP contribution in [0.15, 0.2) is 60.9 Å². The quantitative estimate of drug-likeness (QED) is 0.657. The third-order valence-corrected chi connectivity index (χ3v) is 4.03. The number of carbonyl (C=O) groups is 1. The Morgan fingerprint density at radius 2 is 2.00 bits per heavy atom. The number of hydrogen-bond acceptors (Lipinski definition) is 3. The summed E-state index contributed by atoms with van der Waals surface area (Å²) in [6, 6.07) is 16.3. The molecule has 1 atom stereocenters. The van der Waals surface area contributed by atoms with Crippen molar-refractivity contribution in [3.05, 3.63) is 66.5 Å². The highest BCUT2D eigenvalue weighted by Crippen LogP contribution is 2.23. The molecule has 0 radical (unpaired) electrons. The number of hydrogen-bond donors (Lipinski definition) is 2. The van der Waals surface area contributed by atoms with Gasteiger partial charge in [-0.15, -0.1) is 0 Å². The Kier molecular flexibility index (Phi) is 5.23. The van der Waals surface area contributed by atoms with E-state index < -0.39 is 0 Å². The van der Waals surface area contributed by atoms with Crippen molar-refractivity contribution in [1.29, 1.82) is 0 Å². The molecule has 2 aromatic carbocycles. The Morgan fingerprint density at radius 3 is 2.83 bits per heavy atom. The van der Waals surface area contributed by atoms with Crippen molar-refractivity contribution < 1.29 is 4.79 Å². The lowest BCUT2D eigenvalue weighted by molar-refractivity contribution is -0.120. The molecule has 3 rings (SSSR count). The molecule has 24 heavy (non-hydrogen) atoms. The second-order valence-electron chi connectivity index (χ2n) is 5.80. The van der Waals surface area contributed by atoms with Crippen LogP contribution in [0.3, 0.4) is 0 Å². The second kappa shape index (κ2) is 7.75. The number of benzene rings is 2. The smallest absolute Gasteiger partial charge is 0.234 e. The minimum absolute atomic E-state index is 0.00380. The number of amides is 1. The predicted molar refractivity (Wildman–Crippen MR) is 95.6 cm³/mol. The van der Waals surface area contributed by atoms with Gasteiger partial charge in [-0.1, -0.05) is 42.5 Å². The zero-order valence-corrected chi connectivity index (χ0v) is 13.8. The van der Waals surface area contributed by atoms with Gasteiger partial charge in [0.1, 0.15) is 0 Å². The first-order chi connectivity index (χ1) is 11.7. The predicted octanol–water partition coefficient (Wildman–Crippen LogP) is 2.50. The van der Waals surface area contributed by atoms with Gasteiger partial charge < -0.3 is 10.6 Å². The first-order valence-corrected chi connectivity index (χ1v) is 8.19. The van der Waals surface area contributed by atoms with Crippen LogP contribution in [0.5, 0.6) is 0 Å². The summed E-state index contributed by atoms with van der Waals surface area (Å²) in [6.07, 6.45) is 3.66. The van der Waals surface area contributed by atoms with Crippen molar-refractivity contribution in [2.75, 3.05) is 13.1 Å². The molecule has 0 unspecified atom stereocenters. The largest absolute Gasteiger partial charge is 0.348 e. The lowest BCUT2D eigenvalue weighted by Gasteiger charge is -2.17. The molecule has 0 aliphatic carbocycles. The lowest BCUT2D eigenvalue weighted by atomic mass is 10.00. The fourth-order valence-electron chi connectivity index (χ4n) is 2.83. The van der Waals surface area contributed by atoms with E-state index in [1.807, 2.05) is 42.1 Å². The molecule has 5 heteroatoms. The molecule has 0 fully saturated rings. The van der Waals surface area contributed by atoms with E-state index in [9.17, 15) is 4.79 Å². The molecule has 0 bridgehead atoms. The Morgan fingerprint density at radius 1 is 1.17 bits per heavy atom. The minimum atomic E-state index is -0.0310. The van der Waals surface area contributed by atoms with E-state index in [-0.39, 0.29) is 11.9 Å². The maximum Gasteiger partial charge on any atom is 0.234 e. The first-order valence-electron chi connectivity index (χ1n) is 8.19. The lowest BCUT2D eigenvalue weighted by Crippen LogP contribution is -2.36. The summed E-state index contributed by atoms with van der Waals surface area (Å²) in [4.78, 5) is 12.1. The van der Waals surface area contributed by atoms with Crippen molar-refractivity contribution in [2.45, 2.75) is 19.5 Å². The summed E-state index contributed by atoms with van der Waals surface area (Å²) < 4.78 is 1.84. The summed E-state index contributed by atoms with van der Waals surface area (Å²) in [5.74, 6) is -0.00380. The van der Waals surface area contributed by atoms with E-state index in [0.717, 1.165) is 12.1 Å². The van der Waals surface area contributed by atoms with E-state index >= 15 is 0 Å². The highest BCUT2D eigenvalue weighted by molar-refractivity contribution is 5.87. The van der Waals surface area contributed by atoms with Crippen LogP contribution in [-0.2, 0) is 11.3 Å². The topological polar surface area (TPSA) is 59.0 Å². The third-order valence-electron chi connectivity index (χ3n) is 4.03. The highest BCUT2D eigenvalue weighted by Gasteiger charge is 2.11. The Hall–Kier alpha value is -2.66. The van der Waals surface area contributed by atoms with Crippen LogP contribution in [0.1, 0.15) is 18.5 Å². The van der Waals surface area contributed by atoms with E-state index in [0.29, 0.717) is 13.1 Å². The number of rotatable bonds is 7. The van der Waals surface area contributed by atoms with Gasteiger partial charge >= 0.3 is 0 Å². The van der Waals surface area contributed by atoms with Gasteiger partial charge in [0, 0.05) is 18.9 Å². The summed E-state index contributed by atoms with van der Waals surface area (Å²) in [6.45, 7) is 3.77. The van der Waals surface area contributed by atoms with Crippen LogP contribution in [0.2, 0.25) is 0 Å². The van der Waals surface area contributed by atoms with Crippen molar-refractivity contribution in [2.24, 2.45) is 0 Å². The van der Waals surface area contributed by atoms with Crippen molar-refractivity contribution in [1.82, 2.24) is 20.4 Å². The number of nitrogens with one attached hydrogen (secondary N) is 2. The van der Waals surface area contributed by atoms with Crippen LogP contribution in [0.4, 0.5) is 0 Å².